The van der Waals surface area contributed by atoms with E-state index in [0.717, 1.165) is 17.0 Å². The number of alkyl halides is 3. The lowest BCUT2D eigenvalue weighted by atomic mass is 9.83. The highest BCUT2D eigenvalue weighted by atomic mass is 32.1. The number of nitrogens with one attached hydrogen (secondary N) is 2. The number of piperidine rings is 1. The average molecular weight is 506 g/mol. The third-order valence-corrected chi connectivity index (χ3v) is 7.39. The van der Waals surface area contributed by atoms with Crippen molar-refractivity contribution in [2.45, 2.75) is 44.1 Å². The van der Waals surface area contributed by atoms with Gasteiger partial charge in [0.1, 0.15) is 5.56 Å². The van der Waals surface area contributed by atoms with Gasteiger partial charge >= 0.3 is 6.18 Å². The topological polar surface area (TPSA) is 85.4 Å². The molecule has 0 aliphatic carbocycles. The lowest BCUT2D eigenvalue weighted by molar-refractivity contribution is -0.137. The number of halogens is 3. The van der Waals surface area contributed by atoms with Gasteiger partial charge in [-0.2, -0.15) is 13.2 Å². The monoisotopic (exact) mass is 505 g/mol. The van der Waals surface area contributed by atoms with Crippen molar-refractivity contribution in [2.75, 3.05) is 13.1 Å². The summed E-state index contributed by atoms with van der Waals surface area (Å²) in [6, 6.07) is 11.6. The minimum Gasteiger partial charge on any atom is -0.385 e. The number of aromatic amines is 1. The quantitative estimate of drug-likeness (QED) is 0.463. The van der Waals surface area contributed by atoms with Crippen LogP contribution in [-0.4, -0.2) is 34.0 Å². The molecule has 1 saturated heterocycles. The van der Waals surface area contributed by atoms with Crippen molar-refractivity contribution in [3.63, 3.8) is 0 Å². The predicted octanol–water partition coefficient (Wildman–Crippen LogP) is 4.43. The Hall–Kier alpha value is -2.95. The van der Waals surface area contributed by atoms with Crippen molar-refractivity contribution in [2.24, 2.45) is 0 Å². The molecule has 1 unspecified atom stereocenters. The van der Waals surface area contributed by atoms with Crippen molar-refractivity contribution in [1.82, 2.24) is 15.2 Å². The van der Waals surface area contributed by atoms with Crippen LogP contribution in [0.3, 0.4) is 0 Å². The standard InChI is InChI=1S/C25H26F3N3O3S/c1-16(21-6-3-13-35-21)29-22(32)20-8-7-19(30-23(20)33)15-31-11-9-24(34,10-12-31)17-4-2-5-18(14-17)25(26,27)28/h2-8,13-14,16,34H,9-12,15H2,1H3,(H,29,32)(H,30,33). The Morgan fingerprint density at radius 2 is 1.94 bits per heavy atom. The number of aliphatic hydroxyl groups is 1. The molecule has 35 heavy (non-hydrogen) atoms. The molecular weight excluding hydrogens is 479 g/mol. The Morgan fingerprint density at radius 3 is 2.57 bits per heavy atom. The number of benzene rings is 1. The number of carbonyl (C=O) groups excluding carboxylic acids is 1. The van der Waals surface area contributed by atoms with Crippen molar-refractivity contribution in [3.8, 4) is 0 Å². The summed E-state index contributed by atoms with van der Waals surface area (Å²) in [7, 11) is 0. The summed E-state index contributed by atoms with van der Waals surface area (Å²) in [6.07, 6.45) is -3.94. The van der Waals surface area contributed by atoms with Crippen LogP contribution >= 0.6 is 11.3 Å². The fourth-order valence-corrected chi connectivity index (χ4v) is 5.00. The van der Waals surface area contributed by atoms with Crippen molar-refractivity contribution >= 4 is 17.2 Å². The number of amides is 1. The second kappa shape index (κ2) is 9.96. The number of pyridine rings is 1. The van der Waals surface area contributed by atoms with Gasteiger partial charge in [0.15, 0.2) is 0 Å². The van der Waals surface area contributed by atoms with Crippen LogP contribution in [-0.2, 0) is 18.3 Å². The van der Waals surface area contributed by atoms with Crippen LogP contribution in [0.2, 0.25) is 0 Å². The molecule has 1 aliphatic rings. The fourth-order valence-electron chi connectivity index (χ4n) is 4.26. The zero-order valence-electron chi connectivity index (χ0n) is 19.1. The second-order valence-electron chi connectivity index (χ2n) is 8.82. The molecule has 2 aromatic heterocycles. The minimum absolute atomic E-state index is 0.0229. The molecule has 0 saturated carbocycles. The molecule has 4 rings (SSSR count). The van der Waals surface area contributed by atoms with Crippen LogP contribution < -0.4 is 10.9 Å². The van der Waals surface area contributed by atoms with E-state index in [1.807, 2.05) is 29.3 Å². The summed E-state index contributed by atoms with van der Waals surface area (Å²) in [4.78, 5) is 30.8. The first-order valence-electron chi connectivity index (χ1n) is 11.2. The van der Waals surface area contributed by atoms with Gasteiger partial charge in [-0.3, -0.25) is 14.5 Å². The number of H-pyrrole nitrogens is 1. The molecular formula is C25H26F3N3O3S. The zero-order chi connectivity index (χ0) is 25.2. The Balaban J connectivity index is 1.37. The molecule has 3 heterocycles. The molecule has 1 aromatic carbocycles. The zero-order valence-corrected chi connectivity index (χ0v) is 19.9. The number of hydrogen-bond acceptors (Lipinski definition) is 5. The summed E-state index contributed by atoms with van der Waals surface area (Å²) in [5.41, 5.74) is -1.72. The van der Waals surface area contributed by atoms with E-state index in [9.17, 15) is 27.9 Å². The van der Waals surface area contributed by atoms with E-state index in [1.54, 1.807) is 6.07 Å². The van der Waals surface area contributed by atoms with E-state index in [-0.39, 0.29) is 30.0 Å². The summed E-state index contributed by atoms with van der Waals surface area (Å²) < 4.78 is 39.2. The normalized spacial score (nSPS) is 17.2. The third kappa shape index (κ3) is 5.83. The van der Waals surface area contributed by atoms with Crippen LogP contribution in [0, 0.1) is 0 Å². The number of hydrogen-bond donors (Lipinski definition) is 3. The third-order valence-electron chi connectivity index (χ3n) is 6.34. The predicted molar refractivity (Wildman–Crippen MR) is 127 cm³/mol. The highest BCUT2D eigenvalue weighted by Gasteiger charge is 2.37. The number of aromatic nitrogens is 1. The highest BCUT2D eigenvalue weighted by molar-refractivity contribution is 7.10. The van der Waals surface area contributed by atoms with Gasteiger partial charge in [-0.1, -0.05) is 18.2 Å². The van der Waals surface area contributed by atoms with Gasteiger partial charge in [0.25, 0.3) is 11.5 Å². The molecule has 1 fully saturated rings. The van der Waals surface area contributed by atoms with Crippen molar-refractivity contribution < 1.29 is 23.1 Å². The maximum Gasteiger partial charge on any atom is 0.416 e. The van der Waals surface area contributed by atoms with E-state index in [1.165, 1.54) is 29.5 Å². The maximum absolute atomic E-state index is 13.1. The maximum atomic E-state index is 13.1. The molecule has 0 spiro atoms. The molecule has 0 radical (unpaired) electrons. The summed E-state index contributed by atoms with van der Waals surface area (Å²) in [5.74, 6) is -0.456. The first kappa shape index (κ1) is 25.2. The van der Waals surface area contributed by atoms with Crippen molar-refractivity contribution in [3.05, 3.63) is 91.5 Å². The van der Waals surface area contributed by atoms with E-state index < -0.39 is 28.8 Å². The molecule has 186 valence electrons. The average Bonchev–Trinajstić information content (AvgIpc) is 3.35. The Bertz CT molecular complexity index is 1230. The largest absolute Gasteiger partial charge is 0.416 e. The Morgan fingerprint density at radius 1 is 1.20 bits per heavy atom. The van der Waals surface area contributed by atoms with Crippen LogP contribution in [0.15, 0.2) is 58.7 Å². The summed E-state index contributed by atoms with van der Waals surface area (Å²) in [6.45, 7) is 3.12. The van der Waals surface area contributed by atoms with Gasteiger partial charge < -0.3 is 15.4 Å². The van der Waals surface area contributed by atoms with E-state index >= 15 is 0 Å². The SMILES string of the molecule is CC(NC(=O)c1ccc(CN2CCC(O)(c3cccc(C(F)(F)F)c3)CC2)[nH]c1=O)c1cccs1. The lowest BCUT2D eigenvalue weighted by Gasteiger charge is -2.38. The summed E-state index contributed by atoms with van der Waals surface area (Å²) in [5, 5.41) is 15.7. The number of likely N-dealkylation sites (tertiary alicyclic amines) is 1. The van der Waals surface area contributed by atoms with Gasteiger partial charge in [-0.05, 0) is 61.0 Å². The highest BCUT2D eigenvalue weighted by Crippen LogP contribution is 2.37. The molecule has 1 amide bonds. The fraction of sp³-hybridized carbons (Fsp3) is 0.360. The molecule has 3 aromatic rings. The number of thiophene rings is 1. The first-order valence-corrected chi connectivity index (χ1v) is 12.1. The molecule has 3 N–H and O–H groups in total. The number of nitrogens with zero attached hydrogens (tertiary/aromatic N) is 1. The summed E-state index contributed by atoms with van der Waals surface area (Å²) >= 11 is 1.52. The molecule has 0 bridgehead atoms. The van der Waals surface area contributed by atoms with Crippen molar-refractivity contribution in [1.29, 1.82) is 0 Å². The number of carbonyl (C=O) groups is 1. The second-order valence-corrected chi connectivity index (χ2v) is 9.80. The molecule has 6 nitrogen and oxygen atoms in total. The number of rotatable bonds is 6. The molecule has 1 aliphatic heterocycles. The Labute approximate surface area is 204 Å². The van der Waals surface area contributed by atoms with Gasteiger partial charge in [0.05, 0.1) is 17.2 Å². The smallest absolute Gasteiger partial charge is 0.385 e. The Kier molecular flexibility index (Phi) is 7.16. The minimum atomic E-state index is -4.47. The van der Waals surface area contributed by atoms with Crippen LogP contribution in [0.4, 0.5) is 13.2 Å². The first-order chi connectivity index (χ1) is 16.5. The van der Waals surface area contributed by atoms with Gasteiger partial charge in [-0.25, -0.2) is 0 Å². The van der Waals surface area contributed by atoms with E-state index in [2.05, 4.69) is 10.3 Å². The lowest BCUT2D eigenvalue weighted by Crippen LogP contribution is -2.42. The van der Waals surface area contributed by atoms with Crippen LogP contribution in [0.1, 0.15) is 57.9 Å². The van der Waals surface area contributed by atoms with Gasteiger partial charge in [-0.15, -0.1) is 11.3 Å². The molecule has 10 heteroatoms. The van der Waals surface area contributed by atoms with Gasteiger partial charge in [0.2, 0.25) is 0 Å². The van der Waals surface area contributed by atoms with E-state index in [4.69, 9.17) is 0 Å². The van der Waals surface area contributed by atoms with Gasteiger partial charge in [0, 0.05) is 30.2 Å². The van der Waals surface area contributed by atoms with Crippen LogP contribution in [0.5, 0.6) is 0 Å². The molecule has 1 atom stereocenters. The van der Waals surface area contributed by atoms with E-state index in [0.29, 0.717) is 25.3 Å². The van der Waals surface area contributed by atoms with Crippen LogP contribution in [0.25, 0.3) is 0 Å².